The molecule has 0 aliphatic rings. The minimum absolute atomic E-state index is 0.190. The molecule has 1 heterocycles. The number of hydrogen-bond acceptors (Lipinski definition) is 5. The summed E-state index contributed by atoms with van der Waals surface area (Å²) in [5, 5.41) is 12.5. The second-order valence-electron chi connectivity index (χ2n) is 3.64. The summed E-state index contributed by atoms with van der Waals surface area (Å²) in [6.07, 6.45) is 1.15. The molecule has 1 N–H and O–H groups in total. The lowest BCUT2D eigenvalue weighted by Gasteiger charge is -1.99. The van der Waals surface area contributed by atoms with Crippen LogP contribution in [0.1, 0.15) is 5.69 Å². The van der Waals surface area contributed by atoms with E-state index in [9.17, 15) is 8.42 Å². The molecule has 0 aliphatic carbocycles. The Morgan fingerprint density at radius 1 is 1.29 bits per heavy atom. The molecule has 6 heteroatoms. The Morgan fingerprint density at radius 3 is 2.41 bits per heavy atom. The summed E-state index contributed by atoms with van der Waals surface area (Å²) < 4.78 is 27.5. The van der Waals surface area contributed by atoms with Gasteiger partial charge in [-0.2, -0.15) is 0 Å². The quantitative estimate of drug-likeness (QED) is 0.890. The molecule has 0 amide bonds. The molecule has 17 heavy (non-hydrogen) atoms. The minimum Gasteiger partial charge on any atom is -0.390 e. The zero-order valence-electron chi connectivity index (χ0n) is 9.12. The first-order valence-electron chi connectivity index (χ1n) is 4.87. The molecule has 2 aromatic rings. The van der Waals surface area contributed by atoms with Crippen LogP contribution in [0.3, 0.4) is 0 Å². The number of rotatable bonds is 3. The highest BCUT2D eigenvalue weighted by molar-refractivity contribution is 7.90. The van der Waals surface area contributed by atoms with Crippen molar-refractivity contribution in [1.29, 1.82) is 0 Å². The molecular formula is C11H11NO4S. The van der Waals surface area contributed by atoms with Crippen molar-refractivity contribution in [1.82, 2.24) is 5.16 Å². The molecule has 5 nitrogen and oxygen atoms in total. The summed E-state index contributed by atoms with van der Waals surface area (Å²) in [6.45, 7) is -0.190. The molecule has 0 unspecified atom stereocenters. The molecule has 0 aliphatic heterocycles. The fourth-order valence-corrected chi connectivity index (χ4v) is 2.02. The predicted octanol–water partition coefficient (Wildman–Crippen LogP) is 1.24. The summed E-state index contributed by atoms with van der Waals surface area (Å²) in [5.41, 5.74) is 1.15. The van der Waals surface area contributed by atoms with Gasteiger partial charge in [-0.3, -0.25) is 0 Å². The number of aliphatic hydroxyl groups excluding tert-OH is 1. The Morgan fingerprint density at radius 2 is 1.94 bits per heavy atom. The van der Waals surface area contributed by atoms with Gasteiger partial charge in [0.1, 0.15) is 5.69 Å². The summed E-state index contributed by atoms with van der Waals surface area (Å²) in [7, 11) is -3.19. The average molecular weight is 253 g/mol. The highest BCUT2D eigenvalue weighted by Gasteiger charge is 2.09. The van der Waals surface area contributed by atoms with Gasteiger partial charge in [0.25, 0.3) is 0 Å². The van der Waals surface area contributed by atoms with Gasteiger partial charge in [0.05, 0.1) is 11.5 Å². The molecule has 1 aromatic heterocycles. The van der Waals surface area contributed by atoms with Gasteiger partial charge in [0.15, 0.2) is 15.6 Å². The van der Waals surface area contributed by atoms with Crippen molar-refractivity contribution in [3.05, 3.63) is 36.0 Å². The lowest BCUT2D eigenvalue weighted by Crippen LogP contribution is -1.95. The molecule has 0 radical (unpaired) electrons. The smallest absolute Gasteiger partial charge is 0.175 e. The first kappa shape index (κ1) is 11.8. The Kier molecular flexibility index (Phi) is 2.99. The van der Waals surface area contributed by atoms with Gasteiger partial charge in [0, 0.05) is 17.9 Å². The molecule has 0 saturated carbocycles. The zero-order valence-corrected chi connectivity index (χ0v) is 9.94. The molecule has 90 valence electrons. The van der Waals surface area contributed by atoms with Gasteiger partial charge < -0.3 is 9.63 Å². The van der Waals surface area contributed by atoms with E-state index in [0.29, 0.717) is 17.0 Å². The van der Waals surface area contributed by atoms with Gasteiger partial charge in [-0.05, 0) is 24.3 Å². The van der Waals surface area contributed by atoms with Crippen LogP contribution in [0.4, 0.5) is 0 Å². The maximum atomic E-state index is 11.3. The van der Waals surface area contributed by atoms with E-state index in [4.69, 9.17) is 9.63 Å². The van der Waals surface area contributed by atoms with Gasteiger partial charge in [-0.1, -0.05) is 5.16 Å². The molecular weight excluding hydrogens is 242 g/mol. The first-order valence-corrected chi connectivity index (χ1v) is 6.77. The number of aromatic nitrogens is 1. The molecule has 1 aromatic carbocycles. The van der Waals surface area contributed by atoms with Crippen molar-refractivity contribution in [2.24, 2.45) is 0 Å². The van der Waals surface area contributed by atoms with E-state index in [1.807, 2.05) is 0 Å². The SMILES string of the molecule is CS(=O)(=O)c1ccc(-c2cc(CO)no2)cc1. The standard InChI is InChI=1S/C11H11NO4S/c1-17(14,15)10-4-2-8(3-5-10)11-6-9(7-13)12-16-11/h2-6,13H,7H2,1H3. The lowest BCUT2D eigenvalue weighted by molar-refractivity contribution is 0.267. The third kappa shape index (κ3) is 2.54. The number of sulfone groups is 1. The lowest BCUT2D eigenvalue weighted by atomic mass is 10.2. The number of hydrogen-bond donors (Lipinski definition) is 1. The number of benzene rings is 1. The fourth-order valence-electron chi connectivity index (χ4n) is 1.39. The first-order chi connectivity index (χ1) is 8.00. The maximum Gasteiger partial charge on any atom is 0.175 e. The van der Waals surface area contributed by atoms with Gasteiger partial charge in [-0.25, -0.2) is 8.42 Å². The normalized spacial score (nSPS) is 11.6. The van der Waals surface area contributed by atoms with Gasteiger partial charge in [0.2, 0.25) is 0 Å². The van der Waals surface area contributed by atoms with Crippen molar-refractivity contribution in [3.63, 3.8) is 0 Å². The summed E-state index contributed by atoms with van der Waals surface area (Å²) in [6, 6.07) is 7.89. The highest BCUT2D eigenvalue weighted by atomic mass is 32.2. The van der Waals surface area contributed by atoms with Crippen molar-refractivity contribution >= 4 is 9.84 Å². The van der Waals surface area contributed by atoms with E-state index in [-0.39, 0.29) is 11.5 Å². The van der Waals surface area contributed by atoms with Crippen molar-refractivity contribution in [2.75, 3.05) is 6.26 Å². The largest absolute Gasteiger partial charge is 0.390 e. The summed E-state index contributed by atoms with van der Waals surface area (Å²) >= 11 is 0. The molecule has 0 bridgehead atoms. The third-order valence-electron chi connectivity index (χ3n) is 2.29. The number of aliphatic hydroxyl groups is 1. The van der Waals surface area contributed by atoms with E-state index >= 15 is 0 Å². The van der Waals surface area contributed by atoms with Crippen LogP contribution in [0.15, 0.2) is 39.8 Å². The van der Waals surface area contributed by atoms with Crippen LogP contribution >= 0.6 is 0 Å². The molecule has 0 fully saturated rings. The van der Waals surface area contributed by atoms with Crippen molar-refractivity contribution in [3.8, 4) is 11.3 Å². The Bertz CT molecular complexity index is 613. The molecule has 0 saturated heterocycles. The maximum absolute atomic E-state index is 11.3. The number of nitrogens with zero attached hydrogens (tertiary/aromatic N) is 1. The Balaban J connectivity index is 2.35. The van der Waals surface area contributed by atoms with Crippen LogP contribution in [-0.2, 0) is 16.4 Å². The van der Waals surface area contributed by atoms with Gasteiger partial charge in [-0.15, -0.1) is 0 Å². The van der Waals surface area contributed by atoms with E-state index < -0.39 is 9.84 Å². The summed E-state index contributed by atoms with van der Waals surface area (Å²) in [5.74, 6) is 0.495. The molecule has 0 atom stereocenters. The minimum atomic E-state index is -3.19. The van der Waals surface area contributed by atoms with Crippen LogP contribution < -0.4 is 0 Å². The van der Waals surface area contributed by atoms with E-state index in [2.05, 4.69) is 5.16 Å². The second-order valence-corrected chi connectivity index (χ2v) is 5.65. The Labute approximate surface area is 98.6 Å². The van der Waals surface area contributed by atoms with Crippen LogP contribution in [0.2, 0.25) is 0 Å². The molecule has 2 rings (SSSR count). The third-order valence-corrected chi connectivity index (χ3v) is 3.42. The monoisotopic (exact) mass is 253 g/mol. The van der Waals surface area contributed by atoms with Crippen molar-refractivity contribution in [2.45, 2.75) is 11.5 Å². The fraction of sp³-hybridized carbons (Fsp3) is 0.182. The van der Waals surface area contributed by atoms with Crippen LogP contribution in [-0.4, -0.2) is 24.9 Å². The topological polar surface area (TPSA) is 80.4 Å². The van der Waals surface area contributed by atoms with Gasteiger partial charge >= 0.3 is 0 Å². The average Bonchev–Trinajstić information content (AvgIpc) is 2.76. The van der Waals surface area contributed by atoms with E-state index in [0.717, 1.165) is 6.26 Å². The van der Waals surface area contributed by atoms with Crippen LogP contribution in [0.5, 0.6) is 0 Å². The van der Waals surface area contributed by atoms with E-state index in [1.165, 1.54) is 12.1 Å². The van der Waals surface area contributed by atoms with E-state index in [1.54, 1.807) is 18.2 Å². The van der Waals surface area contributed by atoms with Crippen LogP contribution in [0.25, 0.3) is 11.3 Å². The Hall–Kier alpha value is -1.66. The summed E-state index contributed by atoms with van der Waals surface area (Å²) in [4.78, 5) is 0.253. The second kappa shape index (κ2) is 4.31. The highest BCUT2D eigenvalue weighted by Crippen LogP contribution is 2.22. The van der Waals surface area contributed by atoms with Crippen molar-refractivity contribution < 1.29 is 18.0 Å². The zero-order chi connectivity index (χ0) is 12.5. The predicted molar refractivity (Wildman–Crippen MR) is 61.0 cm³/mol. The molecule has 0 spiro atoms. The van der Waals surface area contributed by atoms with Crippen LogP contribution in [0, 0.1) is 0 Å².